The number of nitrogens with one attached hydrogen (secondary N) is 1. The van der Waals surface area contributed by atoms with Crippen LogP contribution in [-0.4, -0.2) is 58.0 Å². The van der Waals surface area contributed by atoms with Gasteiger partial charge in [-0.2, -0.15) is 0 Å². The number of methoxy groups -OCH3 is 4. The number of anilines is 2. The van der Waals surface area contributed by atoms with Crippen molar-refractivity contribution in [1.29, 1.82) is 0 Å². The Kier molecular flexibility index (Phi) is 6.25. The fourth-order valence-electron chi connectivity index (χ4n) is 6.84. The molecule has 4 atom stereocenters. The van der Waals surface area contributed by atoms with Crippen molar-refractivity contribution in [3.63, 3.8) is 0 Å². The van der Waals surface area contributed by atoms with Crippen molar-refractivity contribution in [2.75, 3.05) is 38.7 Å². The van der Waals surface area contributed by atoms with Crippen LogP contribution < -0.4 is 29.2 Å². The van der Waals surface area contributed by atoms with E-state index in [2.05, 4.69) is 5.32 Å². The molecule has 0 aromatic heterocycles. The van der Waals surface area contributed by atoms with E-state index in [-0.39, 0.29) is 23.0 Å². The molecule has 3 aromatic carbocycles. The first-order valence-electron chi connectivity index (χ1n) is 13.2. The lowest BCUT2D eigenvalue weighted by Crippen LogP contribution is -2.51. The van der Waals surface area contributed by atoms with Gasteiger partial charge in [-0.15, -0.1) is 0 Å². The molecule has 3 aliphatic rings. The first-order valence-corrected chi connectivity index (χ1v) is 13.2. The number of ketones is 2. The number of Topliss-reactive ketones (excluding diaryl/α,β-unsaturated/α-hetero) is 2. The second kappa shape index (κ2) is 9.69. The number of carbonyl (C=O) groups is 3. The minimum Gasteiger partial charge on any atom is -0.497 e. The molecule has 9 heteroatoms. The zero-order valence-corrected chi connectivity index (χ0v) is 23.4. The molecule has 1 spiro atoms. The molecule has 0 aliphatic carbocycles. The molecular formula is C32H30N2O7. The Morgan fingerprint density at radius 1 is 0.902 bits per heavy atom. The van der Waals surface area contributed by atoms with Crippen LogP contribution in [0, 0.1) is 5.92 Å². The second-order valence-corrected chi connectivity index (χ2v) is 10.3. The fourth-order valence-corrected chi connectivity index (χ4v) is 6.84. The Hall–Kier alpha value is -4.79. The number of hydrogen-bond donors (Lipinski definition) is 1. The Morgan fingerprint density at radius 3 is 2.24 bits per heavy atom. The van der Waals surface area contributed by atoms with Crippen molar-refractivity contribution < 1.29 is 33.3 Å². The normalized spacial score (nSPS) is 23.4. The van der Waals surface area contributed by atoms with E-state index >= 15 is 0 Å². The summed E-state index contributed by atoms with van der Waals surface area (Å²) < 4.78 is 21.9. The monoisotopic (exact) mass is 554 g/mol. The first kappa shape index (κ1) is 26.4. The molecule has 210 valence electrons. The number of ether oxygens (including phenoxy) is 4. The summed E-state index contributed by atoms with van der Waals surface area (Å²) in [5, 5.41) is 3.01. The molecule has 9 nitrogen and oxygen atoms in total. The Balaban J connectivity index is 1.63. The van der Waals surface area contributed by atoms with Crippen LogP contribution >= 0.6 is 0 Å². The summed E-state index contributed by atoms with van der Waals surface area (Å²) in [6, 6.07) is 14.5. The van der Waals surface area contributed by atoms with Crippen LogP contribution in [0.1, 0.15) is 28.4 Å². The number of fused-ring (bicyclic) bond motifs is 6. The third-order valence-electron chi connectivity index (χ3n) is 8.49. The van der Waals surface area contributed by atoms with Gasteiger partial charge in [0.25, 0.3) is 0 Å². The highest BCUT2D eigenvalue weighted by Gasteiger charge is 2.69. The van der Waals surface area contributed by atoms with Gasteiger partial charge < -0.3 is 29.2 Å². The van der Waals surface area contributed by atoms with Gasteiger partial charge in [0.15, 0.2) is 23.1 Å². The Bertz CT molecular complexity index is 1600. The number of carbonyl (C=O) groups excluding carboxylic acids is 3. The first-order chi connectivity index (χ1) is 19.8. The van der Waals surface area contributed by atoms with Gasteiger partial charge in [0.2, 0.25) is 11.7 Å². The minimum absolute atomic E-state index is 0.230. The van der Waals surface area contributed by atoms with E-state index in [0.717, 1.165) is 11.3 Å². The van der Waals surface area contributed by atoms with Gasteiger partial charge in [-0.3, -0.25) is 14.4 Å². The Morgan fingerprint density at radius 2 is 1.61 bits per heavy atom. The minimum atomic E-state index is -1.39. The number of rotatable bonds is 7. The number of amides is 1. The van der Waals surface area contributed by atoms with E-state index < -0.39 is 23.4 Å². The van der Waals surface area contributed by atoms with Crippen molar-refractivity contribution in [2.24, 2.45) is 5.92 Å². The lowest BCUT2D eigenvalue weighted by atomic mass is 9.64. The van der Waals surface area contributed by atoms with E-state index in [9.17, 15) is 14.4 Å². The van der Waals surface area contributed by atoms with Gasteiger partial charge in [0.1, 0.15) is 11.2 Å². The fraction of sp³-hybridized carbons (Fsp3) is 0.281. The van der Waals surface area contributed by atoms with Gasteiger partial charge in [-0.25, -0.2) is 0 Å². The summed E-state index contributed by atoms with van der Waals surface area (Å²) in [7, 11) is 6.01. The van der Waals surface area contributed by atoms with Crippen LogP contribution in [0.5, 0.6) is 23.0 Å². The zero-order chi connectivity index (χ0) is 29.1. The molecular weight excluding hydrogens is 524 g/mol. The van der Waals surface area contributed by atoms with E-state index in [4.69, 9.17) is 18.9 Å². The predicted molar refractivity (Wildman–Crippen MR) is 153 cm³/mol. The average Bonchev–Trinajstić information content (AvgIpc) is 3.48. The van der Waals surface area contributed by atoms with Gasteiger partial charge in [-0.05, 0) is 48.9 Å². The van der Waals surface area contributed by atoms with Crippen molar-refractivity contribution in [3.05, 3.63) is 77.4 Å². The molecule has 0 bridgehead atoms. The van der Waals surface area contributed by atoms with Crippen molar-refractivity contribution >= 4 is 34.9 Å². The molecule has 1 fully saturated rings. The molecule has 3 heterocycles. The van der Waals surface area contributed by atoms with Crippen LogP contribution in [0.15, 0.2) is 60.7 Å². The standard InChI is InChI=1S/C32H30N2O7/c1-17(35)28-27(29(36)19-15-24(39-3)30(41-5)25(16-19)40-4)32(21-8-6-7-9-22(21)33-31(32)37)26-13-10-18-14-20(38-2)11-12-23(18)34(26)28/h6-16,26-28H,1-5H3,(H,33,37)/t26-,27-,28+,32-/m1/s1. The van der Waals surface area contributed by atoms with Crippen molar-refractivity contribution in [2.45, 2.75) is 24.4 Å². The Labute approximate surface area is 237 Å². The summed E-state index contributed by atoms with van der Waals surface area (Å²) in [4.78, 5) is 44.6. The van der Waals surface area contributed by atoms with E-state index in [1.807, 2.05) is 59.5 Å². The summed E-state index contributed by atoms with van der Waals surface area (Å²) >= 11 is 0. The van der Waals surface area contributed by atoms with Gasteiger partial charge >= 0.3 is 0 Å². The highest BCUT2D eigenvalue weighted by atomic mass is 16.5. The van der Waals surface area contributed by atoms with Crippen LogP contribution in [0.25, 0.3) is 6.08 Å². The number of benzene rings is 3. The van der Waals surface area contributed by atoms with E-state index in [1.54, 1.807) is 19.2 Å². The lowest BCUT2D eigenvalue weighted by Gasteiger charge is -2.37. The van der Waals surface area contributed by atoms with Gasteiger partial charge in [0, 0.05) is 22.5 Å². The maximum atomic E-state index is 14.8. The van der Waals surface area contributed by atoms with Gasteiger partial charge in [0.05, 0.1) is 46.4 Å². The smallest absolute Gasteiger partial charge is 0.238 e. The lowest BCUT2D eigenvalue weighted by molar-refractivity contribution is -0.122. The van der Waals surface area contributed by atoms with Crippen LogP contribution in [0.3, 0.4) is 0 Å². The molecule has 6 rings (SSSR count). The summed E-state index contributed by atoms with van der Waals surface area (Å²) in [6.45, 7) is 1.47. The molecule has 3 aliphatic heterocycles. The maximum Gasteiger partial charge on any atom is 0.238 e. The van der Waals surface area contributed by atoms with Gasteiger partial charge in [-0.1, -0.05) is 30.4 Å². The highest BCUT2D eigenvalue weighted by Crippen LogP contribution is 2.58. The predicted octanol–water partition coefficient (Wildman–Crippen LogP) is 4.28. The number of nitrogens with zero attached hydrogens (tertiary/aromatic N) is 1. The third-order valence-corrected chi connectivity index (χ3v) is 8.49. The summed E-state index contributed by atoms with van der Waals surface area (Å²) in [6.07, 6.45) is 3.85. The van der Waals surface area contributed by atoms with Crippen LogP contribution in [0.2, 0.25) is 0 Å². The SMILES string of the molecule is COc1ccc2c(c1)C=C[C@H]1N2[C@@H](C(C)=O)[C@H](C(=O)c2cc(OC)c(OC)c(OC)c2)[C@]12C(=O)Nc1ccccc12. The molecule has 1 saturated heterocycles. The average molecular weight is 555 g/mol. The maximum absolute atomic E-state index is 14.8. The number of hydrogen-bond acceptors (Lipinski definition) is 8. The number of para-hydroxylation sites is 1. The summed E-state index contributed by atoms with van der Waals surface area (Å²) in [5.74, 6) is -0.418. The van der Waals surface area contributed by atoms with Crippen LogP contribution in [-0.2, 0) is 15.0 Å². The van der Waals surface area contributed by atoms with E-state index in [1.165, 1.54) is 28.3 Å². The molecule has 0 unspecified atom stereocenters. The molecule has 41 heavy (non-hydrogen) atoms. The molecule has 1 amide bonds. The van der Waals surface area contributed by atoms with E-state index in [0.29, 0.717) is 34.2 Å². The summed E-state index contributed by atoms with van der Waals surface area (Å²) in [5.41, 5.74) is 1.73. The zero-order valence-electron chi connectivity index (χ0n) is 23.4. The largest absolute Gasteiger partial charge is 0.497 e. The molecule has 0 saturated carbocycles. The quantitative estimate of drug-likeness (QED) is 0.432. The molecule has 0 radical (unpaired) electrons. The molecule has 1 N–H and O–H groups in total. The topological polar surface area (TPSA) is 103 Å². The highest BCUT2D eigenvalue weighted by molar-refractivity contribution is 6.16. The third kappa shape index (κ3) is 3.58. The van der Waals surface area contributed by atoms with Crippen molar-refractivity contribution in [3.8, 4) is 23.0 Å². The molecule has 3 aromatic rings. The van der Waals surface area contributed by atoms with Crippen LogP contribution in [0.4, 0.5) is 11.4 Å². The van der Waals surface area contributed by atoms with Crippen molar-refractivity contribution in [1.82, 2.24) is 0 Å². The second-order valence-electron chi connectivity index (χ2n) is 10.3.